The molecular weight excluding hydrogens is 202 g/mol. The lowest BCUT2D eigenvalue weighted by Crippen LogP contribution is -1.91. The van der Waals surface area contributed by atoms with Gasteiger partial charge in [0.25, 0.3) is 0 Å². The molecule has 3 heteroatoms. The summed E-state index contributed by atoms with van der Waals surface area (Å²) in [4.78, 5) is 3.95. The maximum Gasteiger partial charge on any atom is 0.134 e. The average Bonchev–Trinajstić information content (AvgIpc) is 2.30. The summed E-state index contributed by atoms with van der Waals surface area (Å²) in [6, 6.07) is 9.39. The Balaban J connectivity index is 2.36. The van der Waals surface area contributed by atoms with E-state index in [0.29, 0.717) is 6.61 Å². The highest BCUT2D eigenvalue weighted by atomic mass is 16.5. The number of hydrogen-bond donors (Lipinski definition) is 1. The number of ether oxygens (including phenoxy) is 1. The zero-order chi connectivity index (χ0) is 11.4. The summed E-state index contributed by atoms with van der Waals surface area (Å²) in [6.45, 7) is 2.59. The number of nitrogens with zero attached hydrogens (tertiary/aromatic N) is 1. The zero-order valence-electron chi connectivity index (χ0n) is 9.05. The molecule has 0 aliphatic rings. The molecule has 0 saturated heterocycles. The van der Waals surface area contributed by atoms with Crippen LogP contribution in [0.25, 0.3) is 11.1 Å². The monoisotopic (exact) mass is 215 g/mol. The molecule has 16 heavy (non-hydrogen) atoms. The number of aromatic hydroxyl groups is 1. The van der Waals surface area contributed by atoms with E-state index >= 15 is 0 Å². The summed E-state index contributed by atoms with van der Waals surface area (Å²) in [5.74, 6) is 0.989. The molecule has 0 aliphatic carbocycles. The van der Waals surface area contributed by atoms with Crippen LogP contribution in [0, 0.1) is 0 Å². The van der Waals surface area contributed by atoms with Crippen molar-refractivity contribution >= 4 is 0 Å². The van der Waals surface area contributed by atoms with Crippen LogP contribution in [0.5, 0.6) is 11.5 Å². The van der Waals surface area contributed by atoms with E-state index in [1.807, 2.05) is 31.2 Å². The van der Waals surface area contributed by atoms with E-state index in [2.05, 4.69) is 4.98 Å². The van der Waals surface area contributed by atoms with Gasteiger partial charge >= 0.3 is 0 Å². The molecule has 0 fully saturated rings. The van der Waals surface area contributed by atoms with E-state index in [4.69, 9.17) is 4.74 Å². The van der Waals surface area contributed by atoms with Crippen molar-refractivity contribution < 1.29 is 9.84 Å². The van der Waals surface area contributed by atoms with Crippen molar-refractivity contribution in [2.45, 2.75) is 6.92 Å². The van der Waals surface area contributed by atoms with Gasteiger partial charge in [-0.1, -0.05) is 12.1 Å². The molecule has 0 aliphatic heterocycles. The summed E-state index contributed by atoms with van der Waals surface area (Å²) >= 11 is 0. The molecule has 0 spiro atoms. The molecule has 3 nitrogen and oxygen atoms in total. The van der Waals surface area contributed by atoms with Gasteiger partial charge in [-0.05, 0) is 30.7 Å². The highest BCUT2D eigenvalue weighted by Crippen LogP contribution is 2.25. The molecule has 82 valence electrons. The third kappa shape index (κ3) is 2.31. The summed E-state index contributed by atoms with van der Waals surface area (Å²) in [5, 5.41) is 9.35. The summed E-state index contributed by atoms with van der Waals surface area (Å²) in [5.41, 5.74) is 1.86. The molecule has 2 rings (SSSR count). The lowest BCUT2D eigenvalue weighted by atomic mass is 10.1. The topological polar surface area (TPSA) is 42.4 Å². The van der Waals surface area contributed by atoms with Crippen molar-refractivity contribution in [2.24, 2.45) is 0 Å². The van der Waals surface area contributed by atoms with E-state index in [1.165, 1.54) is 6.20 Å². The second-order valence-corrected chi connectivity index (χ2v) is 3.39. The summed E-state index contributed by atoms with van der Waals surface area (Å²) in [7, 11) is 0. The second kappa shape index (κ2) is 4.66. The molecule has 0 unspecified atom stereocenters. The minimum absolute atomic E-state index is 0.166. The number of aromatic nitrogens is 1. The molecule has 1 N–H and O–H groups in total. The van der Waals surface area contributed by atoms with E-state index in [-0.39, 0.29) is 5.75 Å². The molecule has 0 radical (unpaired) electrons. The predicted octanol–water partition coefficient (Wildman–Crippen LogP) is 2.85. The van der Waals surface area contributed by atoms with Crippen molar-refractivity contribution in [1.29, 1.82) is 0 Å². The van der Waals surface area contributed by atoms with E-state index in [1.54, 1.807) is 12.3 Å². The number of hydrogen-bond acceptors (Lipinski definition) is 3. The molecule has 2 aromatic rings. The third-order valence-corrected chi connectivity index (χ3v) is 2.20. The van der Waals surface area contributed by atoms with Gasteiger partial charge < -0.3 is 9.84 Å². The number of pyridine rings is 1. The first kappa shape index (κ1) is 10.5. The third-order valence-electron chi connectivity index (χ3n) is 2.20. The van der Waals surface area contributed by atoms with Crippen molar-refractivity contribution in [3.05, 3.63) is 42.7 Å². The molecule has 1 heterocycles. The van der Waals surface area contributed by atoms with Crippen LogP contribution in [0.3, 0.4) is 0 Å². The maximum atomic E-state index is 9.35. The van der Waals surface area contributed by atoms with Gasteiger partial charge in [0.1, 0.15) is 11.5 Å². The van der Waals surface area contributed by atoms with Crippen molar-refractivity contribution in [1.82, 2.24) is 4.98 Å². The quantitative estimate of drug-likeness (QED) is 0.856. The van der Waals surface area contributed by atoms with Crippen LogP contribution in [0.4, 0.5) is 0 Å². The minimum Gasteiger partial charge on any atom is -0.506 e. The van der Waals surface area contributed by atoms with Crippen LogP contribution in [-0.2, 0) is 0 Å². The fourth-order valence-corrected chi connectivity index (χ4v) is 1.52. The van der Waals surface area contributed by atoms with Crippen LogP contribution < -0.4 is 4.74 Å². The van der Waals surface area contributed by atoms with Gasteiger partial charge in [-0.2, -0.15) is 0 Å². The Morgan fingerprint density at radius 1 is 1.19 bits per heavy atom. The predicted molar refractivity (Wildman–Crippen MR) is 62.5 cm³/mol. The first-order valence-corrected chi connectivity index (χ1v) is 5.17. The number of benzene rings is 1. The smallest absolute Gasteiger partial charge is 0.134 e. The summed E-state index contributed by atoms with van der Waals surface area (Å²) < 4.78 is 5.42. The molecule has 0 amide bonds. The molecule has 0 bridgehead atoms. The van der Waals surface area contributed by atoms with Crippen molar-refractivity contribution in [3.8, 4) is 22.6 Å². The maximum absolute atomic E-state index is 9.35. The van der Waals surface area contributed by atoms with Crippen LogP contribution in [-0.4, -0.2) is 16.7 Å². The molecule has 0 saturated carbocycles. The standard InChI is InChI=1S/C13H13NO2/c1-2-16-13-5-3-4-10(7-13)11-6-12(15)9-14-8-11/h3-9,15H,2H2,1H3. The van der Waals surface area contributed by atoms with Gasteiger partial charge in [0.05, 0.1) is 12.8 Å². The van der Waals surface area contributed by atoms with E-state index in [0.717, 1.165) is 16.9 Å². The molecular formula is C13H13NO2. The van der Waals surface area contributed by atoms with Gasteiger partial charge in [-0.3, -0.25) is 4.98 Å². The lowest BCUT2D eigenvalue weighted by Gasteiger charge is -2.06. The molecule has 1 aromatic heterocycles. The first-order valence-electron chi connectivity index (χ1n) is 5.17. The minimum atomic E-state index is 0.166. The Labute approximate surface area is 94.3 Å². The second-order valence-electron chi connectivity index (χ2n) is 3.39. The Morgan fingerprint density at radius 3 is 2.81 bits per heavy atom. The Hall–Kier alpha value is -2.03. The van der Waals surface area contributed by atoms with Crippen LogP contribution in [0.1, 0.15) is 6.92 Å². The number of rotatable bonds is 3. The lowest BCUT2D eigenvalue weighted by molar-refractivity contribution is 0.340. The zero-order valence-corrected chi connectivity index (χ0v) is 9.05. The molecule has 0 atom stereocenters. The van der Waals surface area contributed by atoms with E-state index < -0.39 is 0 Å². The van der Waals surface area contributed by atoms with Gasteiger partial charge in [0, 0.05) is 11.8 Å². The van der Waals surface area contributed by atoms with Crippen molar-refractivity contribution in [3.63, 3.8) is 0 Å². The van der Waals surface area contributed by atoms with Crippen LogP contribution >= 0.6 is 0 Å². The Morgan fingerprint density at radius 2 is 2.06 bits per heavy atom. The SMILES string of the molecule is CCOc1cccc(-c2cncc(O)c2)c1. The molecule has 1 aromatic carbocycles. The summed E-state index contributed by atoms with van der Waals surface area (Å²) in [6.07, 6.45) is 3.13. The Bertz CT molecular complexity index is 483. The highest BCUT2D eigenvalue weighted by molar-refractivity contribution is 5.65. The van der Waals surface area contributed by atoms with Gasteiger partial charge in [0.15, 0.2) is 0 Å². The normalized spacial score (nSPS) is 10.1. The van der Waals surface area contributed by atoms with Crippen LogP contribution in [0.2, 0.25) is 0 Å². The van der Waals surface area contributed by atoms with Gasteiger partial charge in [0.2, 0.25) is 0 Å². The van der Waals surface area contributed by atoms with E-state index in [9.17, 15) is 5.11 Å². The van der Waals surface area contributed by atoms with Crippen molar-refractivity contribution in [2.75, 3.05) is 6.61 Å². The fraction of sp³-hybridized carbons (Fsp3) is 0.154. The van der Waals surface area contributed by atoms with Gasteiger partial charge in [-0.15, -0.1) is 0 Å². The average molecular weight is 215 g/mol. The largest absolute Gasteiger partial charge is 0.506 e. The fourth-order valence-electron chi connectivity index (χ4n) is 1.52. The van der Waals surface area contributed by atoms with Gasteiger partial charge in [-0.25, -0.2) is 0 Å². The highest BCUT2D eigenvalue weighted by Gasteiger charge is 2.01. The Kier molecular flexibility index (Phi) is 3.05. The van der Waals surface area contributed by atoms with Crippen LogP contribution in [0.15, 0.2) is 42.7 Å². The first-order chi connectivity index (χ1) is 7.79.